The lowest BCUT2D eigenvalue weighted by Crippen LogP contribution is -2.26. The Bertz CT molecular complexity index is 945. The van der Waals surface area contributed by atoms with Crippen LogP contribution in [0.15, 0.2) is 66.7 Å². The fourth-order valence-electron chi connectivity index (χ4n) is 3.29. The molecular formula is C26H29ClFNO2. The third kappa shape index (κ3) is 6.98. The lowest BCUT2D eigenvalue weighted by atomic mass is 10.1. The Morgan fingerprint density at radius 2 is 1.74 bits per heavy atom. The standard InChI is InChI=1S/C26H29ClFNO2/c1-3-30-26-16-21(17-29-19(2)12-13-20-8-5-4-6-9-20)14-15-25(26)31-18-22-23(27)10-7-11-24(22)28/h4-11,14-16,19,29H,3,12-13,17-18H2,1-2H3/t19-/m1/s1. The van der Waals surface area contributed by atoms with E-state index in [0.29, 0.717) is 34.7 Å². The van der Waals surface area contributed by atoms with Gasteiger partial charge in [0.15, 0.2) is 11.5 Å². The topological polar surface area (TPSA) is 30.5 Å². The Labute approximate surface area is 189 Å². The number of halogens is 2. The first-order chi connectivity index (χ1) is 15.1. The van der Waals surface area contributed by atoms with E-state index in [2.05, 4.69) is 36.5 Å². The van der Waals surface area contributed by atoms with Crippen molar-refractivity contribution in [2.24, 2.45) is 0 Å². The third-order valence-corrected chi connectivity index (χ3v) is 5.46. The molecule has 31 heavy (non-hydrogen) atoms. The van der Waals surface area contributed by atoms with Crippen LogP contribution in [-0.2, 0) is 19.6 Å². The molecule has 164 valence electrons. The Hall–Kier alpha value is -2.56. The molecule has 0 aliphatic carbocycles. The second-order valence-electron chi connectivity index (χ2n) is 7.51. The molecule has 3 aromatic carbocycles. The third-order valence-electron chi connectivity index (χ3n) is 5.11. The van der Waals surface area contributed by atoms with Gasteiger partial charge in [-0.1, -0.05) is 54.1 Å². The van der Waals surface area contributed by atoms with Crippen LogP contribution >= 0.6 is 11.6 Å². The fourth-order valence-corrected chi connectivity index (χ4v) is 3.51. The van der Waals surface area contributed by atoms with Gasteiger partial charge >= 0.3 is 0 Å². The molecule has 0 heterocycles. The Kier molecular flexibility index (Phi) is 8.74. The molecule has 0 radical (unpaired) electrons. The van der Waals surface area contributed by atoms with Crippen LogP contribution in [0.4, 0.5) is 4.39 Å². The van der Waals surface area contributed by atoms with Gasteiger partial charge in [-0.15, -0.1) is 0 Å². The van der Waals surface area contributed by atoms with Crippen LogP contribution < -0.4 is 14.8 Å². The molecule has 1 atom stereocenters. The van der Waals surface area contributed by atoms with Crippen molar-refractivity contribution in [2.45, 2.75) is 45.9 Å². The molecule has 0 aliphatic rings. The number of aryl methyl sites for hydroxylation is 1. The summed E-state index contributed by atoms with van der Waals surface area (Å²) in [7, 11) is 0. The maximum absolute atomic E-state index is 14.0. The number of benzene rings is 3. The molecule has 0 bridgehead atoms. The molecule has 0 amide bonds. The van der Waals surface area contributed by atoms with Crippen LogP contribution in [0.2, 0.25) is 5.02 Å². The van der Waals surface area contributed by atoms with Crippen LogP contribution in [0.3, 0.4) is 0 Å². The van der Waals surface area contributed by atoms with Crippen molar-refractivity contribution >= 4 is 11.6 Å². The highest BCUT2D eigenvalue weighted by Gasteiger charge is 2.12. The Morgan fingerprint density at radius 1 is 0.935 bits per heavy atom. The van der Waals surface area contributed by atoms with Crippen LogP contribution in [-0.4, -0.2) is 12.6 Å². The molecule has 0 fully saturated rings. The van der Waals surface area contributed by atoms with Crippen LogP contribution in [0, 0.1) is 5.82 Å². The average Bonchev–Trinajstić information content (AvgIpc) is 2.78. The van der Waals surface area contributed by atoms with Gasteiger partial charge in [0.1, 0.15) is 12.4 Å². The summed E-state index contributed by atoms with van der Waals surface area (Å²) in [5, 5.41) is 3.92. The van der Waals surface area contributed by atoms with Crippen molar-refractivity contribution in [2.75, 3.05) is 6.61 Å². The highest BCUT2D eigenvalue weighted by Crippen LogP contribution is 2.30. The summed E-state index contributed by atoms with van der Waals surface area (Å²) in [6, 6.07) is 21.3. The van der Waals surface area contributed by atoms with E-state index < -0.39 is 0 Å². The van der Waals surface area contributed by atoms with Gasteiger partial charge in [0, 0.05) is 18.2 Å². The second-order valence-corrected chi connectivity index (χ2v) is 7.92. The minimum absolute atomic E-state index is 0.0414. The van der Waals surface area contributed by atoms with E-state index in [1.807, 2.05) is 31.2 Å². The number of rotatable bonds is 11. The van der Waals surface area contributed by atoms with Gasteiger partial charge in [0.25, 0.3) is 0 Å². The van der Waals surface area contributed by atoms with Crippen molar-refractivity contribution in [3.05, 3.63) is 94.3 Å². The van der Waals surface area contributed by atoms with Gasteiger partial charge in [0.05, 0.1) is 11.6 Å². The fraction of sp³-hybridized carbons (Fsp3) is 0.308. The zero-order valence-electron chi connectivity index (χ0n) is 18.0. The normalized spacial score (nSPS) is 11.9. The summed E-state index contributed by atoms with van der Waals surface area (Å²) in [5.41, 5.74) is 2.79. The first-order valence-electron chi connectivity index (χ1n) is 10.7. The van der Waals surface area contributed by atoms with E-state index in [0.717, 1.165) is 24.9 Å². The van der Waals surface area contributed by atoms with Gasteiger partial charge in [0.2, 0.25) is 0 Å². The zero-order chi connectivity index (χ0) is 22.1. The number of hydrogen-bond acceptors (Lipinski definition) is 3. The molecule has 0 saturated heterocycles. The molecule has 0 aliphatic heterocycles. The molecule has 0 spiro atoms. The highest BCUT2D eigenvalue weighted by atomic mass is 35.5. The van der Waals surface area contributed by atoms with Crippen molar-refractivity contribution in [1.82, 2.24) is 5.32 Å². The van der Waals surface area contributed by atoms with Crippen LogP contribution in [0.5, 0.6) is 11.5 Å². The number of hydrogen-bond donors (Lipinski definition) is 1. The first-order valence-corrected chi connectivity index (χ1v) is 11.0. The summed E-state index contributed by atoms with van der Waals surface area (Å²) in [6.45, 7) is 5.41. The summed E-state index contributed by atoms with van der Waals surface area (Å²) < 4.78 is 25.6. The summed E-state index contributed by atoms with van der Waals surface area (Å²) in [4.78, 5) is 0. The van der Waals surface area contributed by atoms with Gasteiger partial charge in [-0.3, -0.25) is 0 Å². The molecule has 0 unspecified atom stereocenters. The summed E-state index contributed by atoms with van der Waals surface area (Å²) >= 11 is 6.10. The predicted octanol–water partition coefficient (Wildman–Crippen LogP) is 6.57. The van der Waals surface area contributed by atoms with Crippen molar-refractivity contribution in [3.63, 3.8) is 0 Å². The zero-order valence-corrected chi connectivity index (χ0v) is 18.8. The highest BCUT2D eigenvalue weighted by molar-refractivity contribution is 6.31. The largest absolute Gasteiger partial charge is 0.490 e. The average molecular weight is 442 g/mol. The van der Waals surface area contributed by atoms with Crippen molar-refractivity contribution < 1.29 is 13.9 Å². The molecular weight excluding hydrogens is 413 g/mol. The van der Waals surface area contributed by atoms with Gasteiger partial charge in [-0.05, 0) is 62.1 Å². The minimum Gasteiger partial charge on any atom is -0.490 e. The van der Waals surface area contributed by atoms with E-state index in [1.165, 1.54) is 11.6 Å². The van der Waals surface area contributed by atoms with Crippen LogP contribution in [0.25, 0.3) is 0 Å². The van der Waals surface area contributed by atoms with Crippen LogP contribution in [0.1, 0.15) is 37.0 Å². The van der Waals surface area contributed by atoms with E-state index in [1.54, 1.807) is 12.1 Å². The second kappa shape index (κ2) is 11.7. The summed E-state index contributed by atoms with van der Waals surface area (Å²) in [6.07, 6.45) is 2.11. The summed E-state index contributed by atoms with van der Waals surface area (Å²) in [5.74, 6) is 0.837. The predicted molar refractivity (Wildman–Crippen MR) is 124 cm³/mol. The van der Waals surface area contributed by atoms with E-state index >= 15 is 0 Å². The first kappa shape index (κ1) is 23.1. The molecule has 0 aromatic heterocycles. The quantitative estimate of drug-likeness (QED) is 0.365. The lowest BCUT2D eigenvalue weighted by Gasteiger charge is -2.16. The minimum atomic E-state index is -0.379. The van der Waals surface area contributed by atoms with E-state index in [-0.39, 0.29) is 12.4 Å². The smallest absolute Gasteiger partial charge is 0.161 e. The van der Waals surface area contributed by atoms with E-state index in [9.17, 15) is 4.39 Å². The molecule has 3 aromatic rings. The Balaban J connectivity index is 1.57. The maximum Gasteiger partial charge on any atom is 0.161 e. The molecule has 3 rings (SSSR count). The monoisotopic (exact) mass is 441 g/mol. The lowest BCUT2D eigenvalue weighted by molar-refractivity contribution is 0.265. The van der Waals surface area contributed by atoms with E-state index in [4.69, 9.17) is 21.1 Å². The molecule has 1 N–H and O–H groups in total. The number of nitrogens with one attached hydrogen (secondary N) is 1. The van der Waals surface area contributed by atoms with Crippen molar-refractivity contribution in [1.29, 1.82) is 0 Å². The van der Waals surface area contributed by atoms with Crippen molar-refractivity contribution in [3.8, 4) is 11.5 Å². The van der Waals surface area contributed by atoms with Gasteiger partial charge < -0.3 is 14.8 Å². The van der Waals surface area contributed by atoms with Gasteiger partial charge in [-0.2, -0.15) is 0 Å². The molecule has 0 saturated carbocycles. The Morgan fingerprint density at radius 3 is 2.48 bits per heavy atom. The molecule has 3 nitrogen and oxygen atoms in total. The van der Waals surface area contributed by atoms with Gasteiger partial charge in [-0.25, -0.2) is 4.39 Å². The molecule has 5 heteroatoms. The number of ether oxygens (including phenoxy) is 2. The maximum atomic E-state index is 14.0. The SMILES string of the molecule is CCOc1cc(CN[C@H](C)CCc2ccccc2)ccc1OCc1c(F)cccc1Cl.